The summed E-state index contributed by atoms with van der Waals surface area (Å²) >= 11 is 0. The van der Waals surface area contributed by atoms with E-state index in [1.54, 1.807) is 12.3 Å². The van der Waals surface area contributed by atoms with Crippen LogP contribution in [0.2, 0.25) is 0 Å². The highest BCUT2D eigenvalue weighted by Crippen LogP contribution is 2.16. The molecule has 2 aromatic rings. The number of piperazine rings is 1. The smallest absolute Gasteiger partial charge is 0.124 e. The maximum Gasteiger partial charge on any atom is 0.124 e. The Morgan fingerprint density at radius 2 is 1.52 bits per heavy atom. The molecule has 0 saturated carbocycles. The van der Waals surface area contributed by atoms with Crippen molar-refractivity contribution in [2.45, 2.75) is 0 Å². The fourth-order valence-corrected chi connectivity index (χ4v) is 2.45. The summed E-state index contributed by atoms with van der Waals surface area (Å²) in [4.78, 5) is 2.37. The summed E-state index contributed by atoms with van der Waals surface area (Å²) in [6.07, 6.45) is 1.73. The van der Waals surface area contributed by atoms with E-state index >= 15 is 0 Å². The van der Waals surface area contributed by atoms with E-state index in [1.165, 1.54) is 5.69 Å². The van der Waals surface area contributed by atoms with Gasteiger partial charge in [0, 0.05) is 24.3 Å². The Kier molecular flexibility index (Phi) is 4.05. The second kappa shape index (κ2) is 6.31. The average molecular weight is 281 g/mol. The number of hydrazone groups is 1. The number of aromatic hydroxyl groups is 1. The third kappa shape index (κ3) is 3.34. The second-order valence-electron chi connectivity index (χ2n) is 5.08. The summed E-state index contributed by atoms with van der Waals surface area (Å²) in [6.45, 7) is 3.70. The molecule has 1 fully saturated rings. The lowest BCUT2D eigenvalue weighted by atomic mass is 10.2. The molecule has 0 bridgehead atoms. The number of hydrogen-bond donors (Lipinski definition) is 1. The van der Waals surface area contributed by atoms with E-state index in [0.717, 1.165) is 31.7 Å². The first-order valence-electron chi connectivity index (χ1n) is 7.20. The van der Waals surface area contributed by atoms with Crippen LogP contribution >= 0.6 is 0 Å². The summed E-state index contributed by atoms with van der Waals surface area (Å²) in [6, 6.07) is 17.7. The molecule has 0 spiro atoms. The number of anilines is 1. The van der Waals surface area contributed by atoms with Gasteiger partial charge in [-0.3, -0.25) is 5.01 Å². The van der Waals surface area contributed by atoms with Crippen molar-refractivity contribution in [3.05, 3.63) is 60.2 Å². The Bertz CT molecular complexity index is 604. The molecule has 0 aromatic heterocycles. The summed E-state index contributed by atoms with van der Waals surface area (Å²) in [5.41, 5.74) is 2.02. The molecule has 0 unspecified atom stereocenters. The van der Waals surface area contributed by atoms with Crippen LogP contribution in [0.1, 0.15) is 5.56 Å². The molecular formula is C17H19N3O. The Balaban J connectivity index is 1.58. The molecule has 2 aromatic carbocycles. The molecule has 1 N–H and O–H groups in total. The molecule has 21 heavy (non-hydrogen) atoms. The van der Waals surface area contributed by atoms with E-state index in [0.29, 0.717) is 0 Å². The Morgan fingerprint density at radius 3 is 2.24 bits per heavy atom. The number of phenols is 1. The zero-order valence-corrected chi connectivity index (χ0v) is 11.9. The molecule has 0 atom stereocenters. The van der Waals surface area contributed by atoms with E-state index in [9.17, 15) is 5.11 Å². The van der Waals surface area contributed by atoms with Crippen molar-refractivity contribution in [1.29, 1.82) is 0 Å². The minimum Gasteiger partial charge on any atom is -0.507 e. The van der Waals surface area contributed by atoms with Gasteiger partial charge in [0.1, 0.15) is 5.75 Å². The Hall–Kier alpha value is -2.49. The number of phenolic OH excluding ortho intramolecular Hbond substituents is 1. The fraction of sp³-hybridized carbons (Fsp3) is 0.235. The average Bonchev–Trinajstić information content (AvgIpc) is 2.55. The van der Waals surface area contributed by atoms with Crippen LogP contribution in [0.3, 0.4) is 0 Å². The second-order valence-corrected chi connectivity index (χ2v) is 5.08. The number of para-hydroxylation sites is 2. The monoisotopic (exact) mass is 281 g/mol. The van der Waals surface area contributed by atoms with E-state index in [-0.39, 0.29) is 5.75 Å². The summed E-state index contributed by atoms with van der Waals surface area (Å²) in [5.74, 6) is 0.268. The molecule has 0 radical (unpaired) electrons. The first kappa shape index (κ1) is 13.5. The molecule has 0 amide bonds. The van der Waals surface area contributed by atoms with Crippen molar-refractivity contribution < 1.29 is 5.11 Å². The molecule has 1 aliphatic rings. The van der Waals surface area contributed by atoms with Gasteiger partial charge in [0.15, 0.2) is 0 Å². The van der Waals surface area contributed by atoms with E-state index in [4.69, 9.17) is 0 Å². The standard InChI is InChI=1S/C17H19N3O/c21-17-9-5-4-6-15(17)14-18-20-12-10-19(11-13-20)16-7-2-1-3-8-16/h1-9,14,21H,10-13H2. The van der Waals surface area contributed by atoms with Gasteiger partial charge in [-0.05, 0) is 24.3 Å². The van der Waals surface area contributed by atoms with Gasteiger partial charge in [0.25, 0.3) is 0 Å². The molecule has 108 valence electrons. The van der Waals surface area contributed by atoms with Crippen molar-refractivity contribution in [3.8, 4) is 5.75 Å². The van der Waals surface area contributed by atoms with Gasteiger partial charge in [0.2, 0.25) is 0 Å². The molecule has 1 saturated heterocycles. The van der Waals surface area contributed by atoms with Gasteiger partial charge < -0.3 is 10.0 Å². The molecule has 0 aliphatic carbocycles. The van der Waals surface area contributed by atoms with Crippen LogP contribution in [-0.2, 0) is 0 Å². The maximum absolute atomic E-state index is 9.71. The molecule has 1 aliphatic heterocycles. The SMILES string of the molecule is Oc1ccccc1C=NN1CCN(c2ccccc2)CC1. The first-order chi connectivity index (χ1) is 10.3. The van der Waals surface area contributed by atoms with Crippen LogP contribution in [0.15, 0.2) is 59.7 Å². The van der Waals surface area contributed by atoms with Crippen LogP contribution in [0.4, 0.5) is 5.69 Å². The molecular weight excluding hydrogens is 262 g/mol. The molecule has 1 heterocycles. The zero-order chi connectivity index (χ0) is 14.5. The van der Waals surface area contributed by atoms with Gasteiger partial charge in [-0.15, -0.1) is 0 Å². The normalized spacial score (nSPS) is 15.6. The van der Waals surface area contributed by atoms with Crippen molar-refractivity contribution in [1.82, 2.24) is 5.01 Å². The van der Waals surface area contributed by atoms with Gasteiger partial charge in [-0.25, -0.2) is 0 Å². The Morgan fingerprint density at radius 1 is 0.857 bits per heavy atom. The van der Waals surface area contributed by atoms with Crippen molar-refractivity contribution >= 4 is 11.9 Å². The summed E-state index contributed by atoms with van der Waals surface area (Å²) < 4.78 is 0. The third-order valence-corrected chi connectivity index (χ3v) is 3.67. The molecule has 4 nitrogen and oxygen atoms in total. The van der Waals surface area contributed by atoms with Crippen LogP contribution in [-0.4, -0.2) is 42.5 Å². The van der Waals surface area contributed by atoms with E-state index in [1.807, 2.05) is 29.3 Å². The lowest BCUT2D eigenvalue weighted by Crippen LogP contribution is -2.44. The van der Waals surface area contributed by atoms with Crippen LogP contribution < -0.4 is 4.90 Å². The topological polar surface area (TPSA) is 39.1 Å². The highest BCUT2D eigenvalue weighted by Gasteiger charge is 2.15. The Labute approximate surface area is 124 Å². The number of rotatable bonds is 3. The maximum atomic E-state index is 9.71. The lowest BCUT2D eigenvalue weighted by molar-refractivity contribution is 0.272. The molecule has 4 heteroatoms. The van der Waals surface area contributed by atoms with Crippen LogP contribution in [0, 0.1) is 0 Å². The minimum atomic E-state index is 0.268. The number of nitrogens with zero attached hydrogens (tertiary/aromatic N) is 3. The number of hydrogen-bond acceptors (Lipinski definition) is 4. The fourth-order valence-electron chi connectivity index (χ4n) is 2.45. The summed E-state index contributed by atoms with van der Waals surface area (Å²) in [5, 5.41) is 16.2. The van der Waals surface area contributed by atoms with Crippen molar-refractivity contribution in [2.75, 3.05) is 31.1 Å². The van der Waals surface area contributed by atoms with Gasteiger partial charge in [-0.2, -0.15) is 5.10 Å². The quantitative estimate of drug-likeness (QED) is 0.879. The van der Waals surface area contributed by atoms with Crippen LogP contribution in [0.25, 0.3) is 0 Å². The predicted octanol–water partition coefficient (Wildman–Crippen LogP) is 2.55. The predicted molar refractivity (Wildman–Crippen MR) is 85.9 cm³/mol. The van der Waals surface area contributed by atoms with Gasteiger partial charge in [0.05, 0.1) is 19.3 Å². The van der Waals surface area contributed by atoms with Crippen molar-refractivity contribution in [2.24, 2.45) is 5.10 Å². The van der Waals surface area contributed by atoms with E-state index < -0.39 is 0 Å². The van der Waals surface area contributed by atoms with Crippen LogP contribution in [0.5, 0.6) is 5.75 Å². The van der Waals surface area contributed by atoms with Crippen molar-refractivity contribution in [3.63, 3.8) is 0 Å². The highest BCUT2D eigenvalue weighted by molar-refractivity contribution is 5.82. The largest absolute Gasteiger partial charge is 0.507 e. The lowest BCUT2D eigenvalue weighted by Gasteiger charge is -2.34. The summed E-state index contributed by atoms with van der Waals surface area (Å²) in [7, 11) is 0. The minimum absolute atomic E-state index is 0.268. The number of benzene rings is 2. The first-order valence-corrected chi connectivity index (χ1v) is 7.20. The van der Waals surface area contributed by atoms with E-state index in [2.05, 4.69) is 34.3 Å². The van der Waals surface area contributed by atoms with Gasteiger partial charge in [-0.1, -0.05) is 30.3 Å². The molecule has 3 rings (SSSR count). The van der Waals surface area contributed by atoms with Gasteiger partial charge >= 0.3 is 0 Å². The highest BCUT2D eigenvalue weighted by atomic mass is 16.3. The zero-order valence-electron chi connectivity index (χ0n) is 11.9. The third-order valence-electron chi connectivity index (χ3n) is 3.67.